The van der Waals surface area contributed by atoms with Gasteiger partial charge in [-0.25, -0.2) is 4.79 Å². The molecule has 0 bridgehead atoms. The Morgan fingerprint density at radius 1 is 1.20 bits per heavy atom. The van der Waals surface area contributed by atoms with Crippen molar-refractivity contribution in [2.45, 2.75) is 31.2 Å². The molecule has 0 amide bonds. The van der Waals surface area contributed by atoms with Crippen LogP contribution in [-0.4, -0.2) is 17.1 Å². The lowest BCUT2D eigenvalue weighted by Gasteiger charge is -2.27. The summed E-state index contributed by atoms with van der Waals surface area (Å²) < 4.78 is 0. The maximum absolute atomic E-state index is 11.1. The molecule has 2 unspecified atom stereocenters. The van der Waals surface area contributed by atoms with Crippen LogP contribution in [0.2, 0.25) is 0 Å². The van der Waals surface area contributed by atoms with Gasteiger partial charge in [-0.3, -0.25) is 0 Å². The second-order valence-electron chi connectivity index (χ2n) is 6.60. The average molecular weight is 330 g/mol. The molecule has 1 aliphatic carbocycles. The SMILES string of the molecule is N#C/C(=C\c1ccc2c(c1)C1CCCC1N2c1ccccc1)C(=O)O. The van der Waals surface area contributed by atoms with E-state index < -0.39 is 5.97 Å². The smallest absolute Gasteiger partial charge is 0.346 e. The van der Waals surface area contributed by atoms with Gasteiger partial charge in [-0.05, 0) is 54.3 Å². The summed E-state index contributed by atoms with van der Waals surface area (Å²) in [5.41, 5.74) is 4.21. The molecule has 124 valence electrons. The molecule has 25 heavy (non-hydrogen) atoms. The monoisotopic (exact) mass is 330 g/mol. The van der Waals surface area contributed by atoms with Crippen LogP contribution in [0, 0.1) is 11.3 Å². The molecule has 2 aromatic rings. The molecular formula is C21H18N2O2. The predicted octanol–water partition coefficient (Wildman–Crippen LogP) is 4.47. The fourth-order valence-corrected chi connectivity index (χ4v) is 4.20. The molecule has 1 saturated carbocycles. The summed E-state index contributed by atoms with van der Waals surface area (Å²) in [7, 11) is 0. The van der Waals surface area contributed by atoms with E-state index in [1.165, 1.54) is 29.4 Å². The van der Waals surface area contributed by atoms with E-state index in [2.05, 4.69) is 41.3 Å². The molecule has 0 saturated heterocycles. The lowest BCUT2D eigenvalue weighted by Crippen LogP contribution is -2.26. The molecule has 1 N–H and O–H groups in total. The van der Waals surface area contributed by atoms with Crippen LogP contribution in [0.4, 0.5) is 11.4 Å². The third kappa shape index (κ3) is 2.58. The van der Waals surface area contributed by atoms with E-state index in [1.54, 1.807) is 6.07 Å². The topological polar surface area (TPSA) is 64.3 Å². The Morgan fingerprint density at radius 2 is 2.00 bits per heavy atom. The molecule has 0 spiro atoms. The van der Waals surface area contributed by atoms with Gasteiger partial charge >= 0.3 is 5.97 Å². The van der Waals surface area contributed by atoms with Crippen molar-refractivity contribution in [3.05, 3.63) is 65.2 Å². The van der Waals surface area contributed by atoms with Gasteiger partial charge in [0.05, 0.1) is 0 Å². The number of carboxylic acid groups (broad SMARTS) is 1. The van der Waals surface area contributed by atoms with E-state index >= 15 is 0 Å². The number of carboxylic acids is 1. The van der Waals surface area contributed by atoms with Crippen LogP contribution in [0.5, 0.6) is 0 Å². The zero-order valence-corrected chi connectivity index (χ0v) is 13.7. The Bertz CT molecular complexity index is 896. The van der Waals surface area contributed by atoms with Gasteiger partial charge in [0.2, 0.25) is 0 Å². The number of para-hydroxylation sites is 1. The minimum absolute atomic E-state index is 0.235. The number of carbonyl (C=O) groups is 1. The van der Waals surface area contributed by atoms with Crippen LogP contribution in [0.15, 0.2) is 54.1 Å². The summed E-state index contributed by atoms with van der Waals surface area (Å²) >= 11 is 0. The van der Waals surface area contributed by atoms with Crippen molar-refractivity contribution in [1.29, 1.82) is 5.26 Å². The van der Waals surface area contributed by atoms with E-state index in [4.69, 9.17) is 10.4 Å². The first-order valence-corrected chi connectivity index (χ1v) is 8.52. The van der Waals surface area contributed by atoms with Gasteiger partial charge in [0.1, 0.15) is 11.6 Å². The minimum atomic E-state index is -1.19. The zero-order chi connectivity index (χ0) is 17.4. The number of hydrogen-bond donors (Lipinski definition) is 1. The quantitative estimate of drug-likeness (QED) is 0.666. The Hall–Kier alpha value is -3.06. The van der Waals surface area contributed by atoms with Gasteiger partial charge in [0.25, 0.3) is 0 Å². The van der Waals surface area contributed by atoms with Gasteiger partial charge in [-0.15, -0.1) is 0 Å². The summed E-state index contributed by atoms with van der Waals surface area (Å²) in [6.45, 7) is 0. The Kier molecular flexibility index (Phi) is 3.77. The molecule has 1 heterocycles. The number of rotatable bonds is 3. The molecule has 4 heteroatoms. The Morgan fingerprint density at radius 3 is 2.72 bits per heavy atom. The largest absolute Gasteiger partial charge is 0.477 e. The van der Waals surface area contributed by atoms with E-state index in [9.17, 15) is 4.79 Å². The van der Waals surface area contributed by atoms with Crippen LogP contribution < -0.4 is 4.90 Å². The highest BCUT2D eigenvalue weighted by molar-refractivity contribution is 5.96. The number of aliphatic carboxylic acids is 1. The van der Waals surface area contributed by atoms with Crippen molar-refractivity contribution in [2.24, 2.45) is 0 Å². The molecule has 1 fully saturated rings. The standard InChI is InChI=1S/C21H18N2O2/c22-13-15(21(24)25)11-14-9-10-20-18(12-14)17-7-4-8-19(17)23(20)16-5-2-1-3-6-16/h1-3,5-6,9-12,17,19H,4,7-8H2,(H,24,25)/b15-11+. The normalized spacial score (nSPS) is 21.6. The van der Waals surface area contributed by atoms with Crippen molar-refractivity contribution < 1.29 is 9.90 Å². The summed E-state index contributed by atoms with van der Waals surface area (Å²) in [5.74, 6) is -0.716. The van der Waals surface area contributed by atoms with Crippen molar-refractivity contribution in [1.82, 2.24) is 0 Å². The van der Waals surface area contributed by atoms with Gasteiger partial charge in [-0.1, -0.05) is 30.7 Å². The van der Waals surface area contributed by atoms with E-state index in [1.807, 2.05) is 12.1 Å². The molecule has 2 aromatic carbocycles. The molecule has 2 atom stereocenters. The second-order valence-corrected chi connectivity index (χ2v) is 6.60. The highest BCUT2D eigenvalue weighted by Crippen LogP contribution is 2.52. The van der Waals surface area contributed by atoms with Gasteiger partial charge in [-0.2, -0.15) is 5.26 Å². The summed E-state index contributed by atoms with van der Waals surface area (Å²) in [5, 5.41) is 18.1. The molecule has 0 radical (unpaired) electrons. The fourth-order valence-electron chi connectivity index (χ4n) is 4.20. The molecule has 1 aliphatic heterocycles. The number of hydrogen-bond acceptors (Lipinski definition) is 3. The predicted molar refractivity (Wildman–Crippen MR) is 96.6 cm³/mol. The fraction of sp³-hybridized carbons (Fsp3) is 0.238. The number of benzene rings is 2. The van der Waals surface area contributed by atoms with Crippen molar-refractivity contribution in [3.63, 3.8) is 0 Å². The molecule has 4 nitrogen and oxygen atoms in total. The number of fused-ring (bicyclic) bond motifs is 3. The first-order valence-electron chi connectivity index (χ1n) is 8.52. The van der Waals surface area contributed by atoms with Crippen LogP contribution in [0.1, 0.15) is 36.3 Å². The van der Waals surface area contributed by atoms with Gasteiger partial charge in [0.15, 0.2) is 0 Å². The lowest BCUT2D eigenvalue weighted by molar-refractivity contribution is -0.132. The first kappa shape index (κ1) is 15.5. The maximum Gasteiger partial charge on any atom is 0.346 e. The van der Waals surface area contributed by atoms with E-state index in [-0.39, 0.29) is 5.57 Å². The first-order chi connectivity index (χ1) is 12.2. The van der Waals surface area contributed by atoms with Crippen LogP contribution >= 0.6 is 0 Å². The Balaban J connectivity index is 1.79. The van der Waals surface area contributed by atoms with E-state index in [0.29, 0.717) is 12.0 Å². The van der Waals surface area contributed by atoms with Crippen LogP contribution in [0.25, 0.3) is 6.08 Å². The molecular weight excluding hydrogens is 312 g/mol. The van der Waals surface area contributed by atoms with Gasteiger partial charge in [0, 0.05) is 23.3 Å². The number of anilines is 2. The molecule has 2 aliphatic rings. The summed E-state index contributed by atoms with van der Waals surface area (Å²) in [6.07, 6.45) is 4.98. The number of nitrogens with zero attached hydrogens (tertiary/aromatic N) is 2. The van der Waals surface area contributed by atoms with Crippen molar-refractivity contribution >= 4 is 23.4 Å². The number of nitriles is 1. The lowest BCUT2D eigenvalue weighted by atomic mass is 9.95. The summed E-state index contributed by atoms with van der Waals surface area (Å²) in [6, 6.07) is 18.6. The molecule has 0 aromatic heterocycles. The minimum Gasteiger partial charge on any atom is -0.477 e. The van der Waals surface area contributed by atoms with Crippen molar-refractivity contribution in [2.75, 3.05) is 4.90 Å². The zero-order valence-electron chi connectivity index (χ0n) is 13.7. The van der Waals surface area contributed by atoms with Gasteiger partial charge < -0.3 is 10.0 Å². The van der Waals surface area contributed by atoms with Crippen LogP contribution in [-0.2, 0) is 4.79 Å². The Labute approximate surface area is 146 Å². The third-order valence-corrected chi connectivity index (χ3v) is 5.22. The van der Waals surface area contributed by atoms with Crippen LogP contribution in [0.3, 0.4) is 0 Å². The summed E-state index contributed by atoms with van der Waals surface area (Å²) in [4.78, 5) is 13.5. The highest BCUT2D eigenvalue weighted by atomic mass is 16.4. The molecule has 4 rings (SSSR count). The highest BCUT2D eigenvalue weighted by Gasteiger charge is 2.41. The maximum atomic E-state index is 11.1. The van der Waals surface area contributed by atoms with E-state index in [0.717, 1.165) is 18.4 Å². The third-order valence-electron chi connectivity index (χ3n) is 5.22. The second kappa shape index (κ2) is 6.10. The van der Waals surface area contributed by atoms with Crippen molar-refractivity contribution in [3.8, 4) is 6.07 Å². The average Bonchev–Trinajstić information content (AvgIpc) is 3.20.